The highest BCUT2D eigenvalue weighted by molar-refractivity contribution is 7.10. The number of aromatic nitrogens is 3. The van der Waals surface area contributed by atoms with Crippen LogP contribution >= 0.6 is 11.3 Å². The Kier molecular flexibility index (Phi) is 4.84. The molecule has 3 rings (SSSR count). The third kappa shape index (κ3) is 3.72. The summed E-state index contributed by atoms with van der Waals surface area (Å²) >= 11 is 1.63. The molecule has 1 fully saturated rings. The zero-order valence-corrected chi connectivity index (χ0v) is 13.2. The first-order chi connectivity index (χ1) is 10.7. The molecule has 0 aliphatic carbocycles. The van der Waals surface area contributed by atoms with E-state index < -0.39 is 0 Å². The molecule has 1 aliphatic rings. The second-order valence-corrected chi connectivity index (χ2v) is 6.73. The van der Waals surface area contributed by atoms with Crippen LogP contribution < -0.4 is 0 Å². The third-order valence-electron chi connectivity index (χ3n) is 3.97. The summed E-state index contributed by atoms with van der Waals surface area (Å²) in [6.07, 6.45) is 4.40. The number of carbonyl (C=O) groups excluding carboxylic acids is 1. The van der Waals surface area contributed by atoms with Gasteiger partial charge in [-0.3, -0.25) is 9.48 Å². The van der Waals surface area contributed by atoms with Gasteiger partial charge in [-0.15, -0.1) is 16.4 Å². The zero-order chi connectivity index (χ0) is 15.4. The molecule has 118 valence electrons. The minimum Gasteiger partial charge on any atom is -0.390 e. The van der Waals surface area contributed by atoms with E-state index in [4.69, 9.17) is 5.11 Å². The number of thiophene rings is 1. The van der Waals surface area contributed by atoms with Crippen molar-refractivity contribution in [3.63, 3.8) is 0 Å². The SMILES string of the molecule is O=C(Cc1cccs1)N1CCCC(Cn2cc(CO)nn2)C1. The lowest BCUT2D eigenvalue weighted by Gasteiger charge is -2.32. The number of nitrogens with zero attached hydrogens (tertiary/aromatic N) is 4. The van der Waals surface area contributed by atoms with Crippen molar-refractivity contribution in [3.05, 3.63) is 34.3 Å². The number of aliphatic hydroxyl groups is 1. The Morgan fingerprint density at radius 1 is 1.50 bits per heavy atom. The Bertz CT molecular complexity index is 611. The van der Waals surface area contributed by atoms with Crippen molar-refractivity contribution in [2.24, 2.45) is 5.92 Å². The normalized spacial score (nSPS) is 18.6. The number of piperidine rings is 1. The molecule has 1 N–H and O–H groups in total. The molecule has 0 bridgehead atoms. The van der Waals surface area contributed by atoms with E-state index in [2.05, 4.69) is 10.3 Å². The maximum Gasteiger partial charge on any atom is 0.227 e. The lowest BCUT2D eigenvalue weighted by molar-refractivity contribution is -0.132. The lowest BCUT2D eigenvalue weighted by Crippen LogP contribution is -2.41. The smallest absolute Gasteiger partial charge is 0.227 e. The van der Waals surface area contributed by atoms with Crippen LogP contribution in [0.15, 0.2) is 23.7 Å². The Labute approximate surface area is 133 Å². The van der Waals surface area contributed by atoms with E-state index in [-0.39, 0.29) is 12.5 Å². The van der Waals surface area contributed by atoms with Gasteiger partial charge in [0.15, 0.2) is 0 Å². The van der Waals surface area contributed by atoms with Crippen LogP contribution in [0.2, 0.25) is 0 Å². The Morgan fingerprint density at radius 2 is 2.41 bits per heavy atom. The number of hydrogen-bond acceptors (Lipinski definition) is 5. The van der Waals surface area contributed by atoms with Gasteiger partial charge in [0.05, 0.1) is 19.2 Å². The van der Waals surface area contributed by atoms with Crippen LogP contribution in [0.25, 0.3) is 0 Å². The van der Waals surface area contributed by atoms with Crippen LogP contribution in [-0.4, -0.2) is 44.0 Å². The molecule has 0 spiro atoms. The fourth-order valence-corrected chi connectivity index (χ4v) is 3.58. The van der Waals surface area contributed by atoms with Gasteiger partial charge in [0, 0.05) is 24.5 Å². The molecule has 0 radical (unpaired) electrons. The highest BCUT2D eigenvalue weighted by atomic mass is 32.1. The molecule has 3 heterocycles. The summed E-state index contributed by atoms with van der Waals surface area (Å²) in [6.45, 7) is 2.28. The van der Waals surface area contributed by atoms with Gasteiger partial charge in [0.1, 0.15) is 5.69 Å². The van der Waals surface area contributed by atoms with Crippen molar-refractivity contribution in [2.75, 3.05) is 13.1 Å². The van der Waals surface area contributed by atoms with E-state index in [0.29, 0.717) is 18.0 Å². The van der Waals surface area contributed by atoms with E-state index in [1.807, 2.05) is 22.4 Å². The minimum atomic E-state index is -0.0872. The van der Waals surface area contributed by atoms with E-state index in [1.54, 1.807) is 22.2 Å². The van der Waals surface area contributed by atoms with Crippen molar-refractivity contribution in [1.82, 2.24) is 19.9 Å². The summed E-state index contributed by atoms with van der Waals surface area (Å²) in [5.74, 6) is 0.607. The Hall–Kier alpha value is -1.73. The Morgan fingerprint density at radius 3 is 3.14 bits per heavy atom. The summed E-state index contributed by atoms with van der Waals surface area (Å²) < 4.78 is 1.77. The quantitative estimate of drug-likeness (QED) is 0.902. The monoisotopic (exact) mass is 320 g/mol. The summed E-state index contributed by atoms with van der Waals surface area (Å²) in [4.78, 5) is 15.5. The van der Waals surface area contributed by atoms with Gasteiger partial charge in [-0.25, -0.2) is 0 Å². The number of rotatable bonds is 5. The molecule has 2 aromatic heterocycles. The van der Waals surface area contributed by atoms with Crippen LogP contribution in [0, 0.1) is 5.92 Å². The molecular formula is C15H20N4O2S. The first kappa shape index (κ1) is 15.2. The van der Waals surface area contributed by atoms with Gasteiger partial charge >= 0.3 is 0 Å². The van der Waals surface area contributed by atoms with Gasteiger partial charge < -0.3 is 10.0 Å². The molecule has 2 aromatic rings. The predicted molar refractivity (Wildman–Crippen MR) is 83.3 cm³/mol. The van der Waals surface area contributed by atoms with E-state index in [9.17, 15) is 4.79 Å². The summed E-state index contributed by atoms with van der Waals surface area (Å²) in [5, 5.41) is 18.9. The topological polar surface area (TPSA) is 71.2 Å². The number of carbonyl (C=O) groups is 1. The van der Waals surface area contributed by atoms with E-state index in [0.717, 1.165) is 37.4 Å². The second kappa shape index (κ2) is 7.02. The molecule has 1 unspecified atom stereocenters. The lowest BCUT2D eigenvalue weighted by atomic mass is 9.97. The van der Waals surface area contributed by atoms with Crippen LogP contribution in [-0.2, 0) is 24.4 Å². The zero-order valence-electron chi connectivity index (χ0n) is 12.4. The predicted octanol–water partition coefficient (Wildman–Crippen LogP) is 1.31. The maximum absolute atomic E-state index is 12.4. The average molecular weight is 320 g/mol. The summed E-state index contributed by atoms with van der Waals surface area (Å²) in [7, 11) is 0. The van der Waals surface area contributed by atoms with E-state index >= 15 is 0 Å². The number of aliphatic hydroxyl groups excluding tert-OH is 1. The summed E-state index contributed by atoms with van der Waals surface area (Å²) in [5.41, 5.74) is 0.585. The molecule has 6 nitrogen and oxygen atoms in total. The van der Waals surface area contributed by atoms with Crippen LogP contribution in [0.3, 0.4) is 0 Å². The van der Waals surface area contributed by atoms with Crippen LogP contribution in [0.1, 0.15) is 23.4 Å². The first-order valence-electron chi connectivity index (χ1n) is 7.54. The molecule has 22 heavy (non-hydrogen) atoms. The van der Waals surface area contributed by atoms with Crippen LogP contribution in [0.4, 0.5) is 0 Å². The van der Waals surface area contributed by atoms with Crippen molar-refractivity contribution in [1.29, 1.82) is 0 Å². The Balaban J connectivity index is 1.55. The van der Waals surface area contributed by atoms with Crippen molar-refractivity contribution in [2.45, 2.75) is 32.4 Å². The van der Waals surface area contributed by atoms with Crippen LogP contribution in [0.5, 0.6) is 0 Å². The van der Waals surface area contributed by atoms with Crippen molar-refractivity contribution in [3.8, 4) is 0 Å². The molecule has 0 aromatic carbocycles. The minimum absolute atomic E-state index is 0.0872. The second-order valence-electron chi connectivity index (χ2n) is 5.69. The number of hydrogen-bond donors (Lipinski definition) is 1. The van der Waals surface area contributed by atoms with Gasteiger partial charge in [-0.05, 0) is 30.2 Å². The molecule has 0 saturated carbocycles. The highest BCUT2D eigenvalue weighted by Gasteiger charge is 2.24. The van der Waals surface area contributed by atoms with Crippen molar-refractivity contribution >= 4 is 17.2 Å². The molecule has 1 saturated heterocycles. The highest BCUT2D eigenvalue weighted by Crippen LogP contribution is 2.20. The van der Waals surface area contributed by atoms with Gasteiger partial charge in [-0.1, -0.05) is 11.3 Å². The molecule has 7 heteroatoms. The number of amides is 1. The fourth-order valence-electron chi connectivity index (χ4n) is 2.88. The third-order valence-corrected chi connectivity index (χ3v) is 4.85. The van der Waals surface area contributed by atoms with Gasteiger partial charge in [0.25, 0.3) is 0 Å². The molecule has 1 atom stereocenters. The molecule has 1 aliphatic heterocycles. The van der Waals surface area contributed by atoms with Crippen molar-refractivity contribution < 1.29 is 9.90 Å². The average Bonchev–Trinajstić information content (AvgIpc) is 3.19. The standard InChI is InChI=1S/C15H20N4O2S/c20-11-13-10-19(17-16-13)9-12-3-1-5-18(8-12)15(21)7-14-4-2-6-22-14/h2,4,6,10,12,20H,1,3,5,7-9,11H2. The first-order valence-corrected chi connectivity index (χ1v) is 8.42. The van der Waals surface area contributed by atoms with Gasteiger partial charge in [-0.2, -0.15) is 0 Å². The summed E-state index contributed by atoms with van der Waals surface area (Å²) in [6, 6.07) is 3.99. The maximum atomic E-state index is 12.4. The fraction of sp³-hybridized carbons (Fsp3) is 0.533. The number of likely N-dealkylation sites (tertiary alicyclic amines) is 1. The van der Waals surface area contributed by atoms with E-state index in [1.165, 1.54) is 0 Å². The molecular weight excluding hydrogens is 300 g/mol. The largest absolute Gasteiger partial charge is 0.390 e. The van der Waals surface area contributed by atoms with Gasteiger partial charge in [0.2, 0.25) is 5.91 Å². The molecule has 1 amide bonds.